The van der Waals surface area contributed by atoms with Crippen LogP contribution in [0.25, 0.3) is 0 Å². The highest BCUT2D eigenvalue weighted by Gasteiger charge is 2.53. The van der Waals surface area contributed by atoms with E-state index in [-0.39, 0.29) is 12.7 Å². The lowest BCUT2D eigenvalue weighted by atomic mass is 10.1. The molecule has 0 aromatic rings. The third-order valence-electron chi connectivity index (χ3n) is 2.74. The van der Waals surface area contributed by atoms with Crippen molar-refractivity contribution in [1.29, 1.82) is 0 Å². The van der Waals surface area contributed by atoms with Crippen LogP contribution in [-0.2, 0) is 18.9 Å². The predicted molar refractivity (Wildman–Crippen MR) is 48.7 cm³/mol. The molecular formula is C9H18O5. The summed E-state index contributed by atoms with van der Waals surface area (Å²) in [6.07, 6.45) is -0.372. The molecule has 0 spiro atoms. The summed E-state index contributed by atoms with van der Waals surface area (Å²) in [5.41, 5.74) is 0. The molecule has 1 fully saturated rings. The zero-order chi connectivity index (χ0) is 10.8. The standard InChI is InChI=1S/C9H18O5/c1-8(11-3)9(2,12-4)14-7(5-10)6-13-8/h7,10H,5-6H2,1-4H3/t7-,8+,9+/m1/s1. The summed E-state index contributed by atoms with van der Waals surface area (Å²) < 4.78 is 21.5. The Labute approximate surface area is 83.9 Å². The topological polar surface area (TPSA) is 57.2 Å². The highest BCUT2D eigenvalue weighted by Crippen LogP contribution is 2.36. The minimum atomic E-state index is -1.01. The van der Waals surface area contributed by atoms with E-state index in [1.54, 1.807) is 13.8 Å². The Morgan fingerprint density at radius 2 is 1.86 bits per heavy atom. The largest absolute Gasteiger partial charge is 0.394 e. The summed E-state index contributed by atoms with van der Waals surface area (Å²) in [6, 6.07) is 0. The number of hydrogen-bond donors (Lipinski definition) is 1. The molecule has 1 rings (SSSR count). The second-order valence-electron chi connectivity index (χ2n) is 3.53. The van der Waals surface area contributed by atoms with Crippen molar-refractivity contribution in [2.45, 2.75) is 31.5 Å². The van der Waals surface area contributed by atoms with E-state index in [0.717, 1.165) is 0 Å². The lowest BCUT2D eigenvalue weighted by molar-refractivity contribution is -0.432. The molecule has 1 saturated heterocycles. The van der Waals surface area contributed by atoms with Gasteiger partial charge in [-0.05, 0) is 13.8 Å². The fourth-order valence-corrected chi connectivity index (χ4v) is 1.41. The molecule has 0 aromatic heterocycles. The lowest BCUT2D eigenvalue weighted by Crippen LogP contribution is -2.62. The van der Waals surface area contributed by atoms with Crippen LogP contribution in [0.5, 0.6) is 0 Å². The molecular weight excluding hydrogens is 188 g/mol. The third kappa shape index (κ3) is 1.78. The summed E-state index contributed by atoms with van der Waals surface area (Å²) in [5, 5.41) is 8.96. The number of hydrogen-bond acceptors (Lipinski definition) is 5. The smallest absolute Gasteiger partial charge is 0.220 e. The maximum Gasteiger partial charge on any atom is 0.220 e. The maximum absolute atomic E-state index is 8.96. The van der Waals surface area contributed by atoms with E-state index in [4.69, 9.17) is 24.1 Å². The molecule has 0 saturated carbocycles. The molecule has 0 unspecified atom stereocenters. The van der Waals surface area contributed by atoms with Crippen molar-refractivity contribution in [3.63, 3.8) is 0 Å². The second kappa shape index (κ2) is 4.12. The van der Waals surface area contributed by atoms with Gasteiger partial charge in [-0.1, -0.05) is 0 Å². The van der Waals surface area contributed by atoms with Gasteiger partial charge in [0.25, 0.3) is 0 Å². The predicted octanol–water partition coefficient (Wildman–Crippen LogP) is 0.119. The molecule has 1 N–H and O–H groups in total. The second-order valence-corrected chi connectivity index (χ2v) is 3.53. The number of methoxy groups -OCH3 is 2. The van der Waals surface area contributed by atoms with Gasteiger partial charge in [0, 0.05) is 14.2 Å². The minimum absolute atomic E-state index is 0.0985. The van der Waals surface area contributed by atoms with Crippen LogP contribution in [0.3, 0.4) is 0 Å². The van der Waals surface area contributed by atoms with Gasteiger partial charge < -0.3 is 24.1 Å². The monoisotopic (exact) mass is 206 g/mol. The number of ether oxygens (including phenoxy) is 4. The molecule has 3 atom stereocenters. The molecule has 5 heteroatoms. The van der Waals surface area contributed by atoms with Gasteiger partial charge in [-0.25, -0.2) is 0 Å². The molecule has 1 heterocycles. The number of rotatable bonds is 3. The van der Waals surface area contributed by atoms with Crippen molar-refractivity contribution < 1.29 is 24.1 Å². The first-order valence-electron chi connectivity index (χ1n) is 4.54. The van der Waals surface area contributed by atoms with Gasteiger partial charge >= 0.3 is 0 Å². The Hall–Kier alpha value is -0.200. The Morgan fingerprint density at radius 1 is 1.29 bits per heavy atom. The summed E-state index contributed by atoms with van der Waals surface area (Å²) in [5.74, 6) is -1.96. The van der Waals surface area contributed by atoms with Gasteiger partial charge in [-0.3, -0.25) is 0 Å². The van der Waals surface area contributed by atoms with E-state index in [9.17, 15) is 0 Å². The van der Waals surface area contributed by atoms with Gasteiger partial charge in [0.1, 0.15) is 6.10 Å². The van der Waals surface area contributed by atoms with Crippen molar-refractivity contribution in [2.75, 3.05) is 27.4 Å². The average Bonchev–Trinajstić information content (AvgIpc) is 2.22. The van der Waals surface area contributed by atoms with E-state index < -0.39 is 11.6 Å². The van der Waals surface area contributed by atoms with Crippen LogP contribution in [0.1, 0.15) is 13.8 Å². The van der Waals surface area contributed by atoms with Crippen LogP contribution in [-0.4, -0.2) is 50.2 Å². The summed E-state index contributed by atoms with van der Waals surface area (Å²) in [4.78, 5) is 0. The van der Waals surface area contributed by atoms with Crippen LogP contribution >= 0.6 is 0 Å². The quantitative estimate of drug-likeness (QED) is 0.710. The van der Waals surface area contributed by atoms with E-state index in [2.05, 4.69) is 0 Å². The van der Waals surface area contributed by atoms with Crippen LogP contribution in [0.15, 0.2) is 0 Å². The minimum Gasteiger partial charge on any atom is -0.394 e. The molecule has 0 radical (unpaired) electrons. The van der Waals surface area contributed by atoms with Crippen LogP contribution < -0.4 is 0 Å². The van der Waals surface area contributed by atoms with Crippen molar-refractivity contribution in [3.8, 4) is 0 Å². The molecule has 1 aliphatic rings. The van der Waals surface area contributed by atoms with E-state index >= 15 is 0 Å². The van der Waals surface area contributed by atoms with Gasteiger partial charge in [-0.15, -0.1) is 0 Å². The first kappa shape index (κ1) is 11.9. The van der Waals surface area contributed by atoms with Gasteiger partial charge in [-0.2, -0.15) is 0 Å². The molecule has 0 amide bonds. The van der Waals surface area contributed by atoms with Crippen LogP contribution in [0, 0.1) is 0 Å². The normalized spacial score (nSPS) is 43.9. The highest BCUT2D eigenvalue weighted by atomic mass is 16.8. The Balaban J connectivity index is 2.81. The first-order valence-corrected chi connectivity index (χ1v) is 4.54. The van der Waals surface area contributed by atoms with E-state index in [0.29, 0.717) is 6.61 Å². The van der Waals surface area contributed by atoms with Gasteiger partial charge in [0.05, 0.1) is 13.2 Å². The maximum atomic E-state index is 8.96. The molecule has 1 aliphatic heterocycles. The van der Waals surface area contributed by atoms with Crippen molar-refractivity contribution >= 4 is 0 Å². The molecule has 0 aliphatic carbocycles. The summed E-state index contributed by atoms with van der Waals surface area (Å²) in [6.45, 7) is 3.65. The molecule has 0 bridgehead atoms. The van der Waals surface area contributed by atoms with Crippen molar-refractivity contribution in [1.82, 2.24) is 0 Å². The van der Waals surface area contributed by atoms with Gasteiger partial charge in [0.2, 0.25) is 11.6 Å². The molecule has 84 valence electrons. The Morgan fingerprint density at radius 3 is 2.29 bits per heavy atom. The van der Waals surface area contributed by atoms with E-state index in [1.165, 1.54) is 14.2 Å². The van der Waals surface area contributed by atoms with Crippen LogP contribution in [0.4, 0.5) is 0 Å². The summed E-state index contributed by atoms with van der Waals surface area (Å²) in [7, 11) is 3.04. The number of aliphatic hydroxyl groups is 1. The fourth-order valence-electron chi connectivity index (χ4n) is 1.41. The molecule has 14 heavy (non-hydrogen) atoms. The highest BCUT2D eigenvalue weighted by molar-refractivity contribution is 4.86. The zero-order valence-corrected chi connectivity index (χ0v) is 9.07. The van der Waals surface area contributed by atoms with Gasteiger partial charge in [0.15, 0.2) is 0 Å². The number of aliphatic hydroxyl groups excluding tert-OH is 1. The third-order valence-corrected chi connectivity index (χ3v) is 2.74. The lowest BCUT2D eigenvalue weighted by Gasteiger charge is -2.48. The SMILES string of the molecule is CO[C@@]1(C)OC[C@@H](CO)O[C@]1(C)OC. The Bertz CT molecular complexity index is 198. The molecule has 0 aromatic carbocycles. The summed E-state index contributed by atoms with van der Waals surface area (Å²) >= 11 is 0. The first-order chi connectivity index (χ1) is 6.51. The fraction of sp³-hybridized carbons (Fsp3) is 1.00. The average molecular weight is 206 g/mol. The van der Waals surface area contributed by atoms with Crippen molar-refractivity contribution in [2.24, 2.45) is 0 Å². The Kier molecular flexibility index (Phi) is 3.49. The van der Waals surface area contributed by atoms with Crippen molar-refractivity contribution in [3.05, 3.63) is 0 Å². The molecule has 5 nitrogen and oxygen atoms in total. The van der Waals surface area contributed by atoms with Crippen LogP contribution in [0.2, 0.25) is 0 Å². The van der Waals surface area contributed by atoms with E-state index in [1.807, 2.05) is 0 Å². The zero-order valence-electron chi connectivity index (χ0n) is 9.07.